The Hall–Kier alpha value is -3.06. The van der Waals surface area contributed by atoms with Crippen molar-refractivity contribution in [1.82, 2.24) is 9.80 Å². The highest BCUT2D eigenvalue weighted by molar-refractivity contribution is 5.96. The van der Waals surface area contributed by atoms with Crippen LogP contribution in [-0.2, 0) is 4.79 Å². The minimum absolute atomic E-state index is 0.0584. The van der Waals surface area contributed by atoms with E-state index in [9.17, 15) is 9.59 Å². The lowest BCUT2D eigenvalue weighted by Crippen LogP contribution is -2.46. The van der Waals surface area contributed by atoms with Gasteiger partial charge in [0.05, 0.1) is 12.5 Å². The lowest BCUT2D eigenvalue weighted by Gasteiger charge is -2.34. The summed E-state index contributed by atoms with van der Waals surface area (Å²) in [5.41, 5.74) is 1.02. The number of amides is 3. The van der Waals surface area contributed by atoms with Gasteiger partial charge in [-0.15, -0.1) is 0 Å². The van der Waals surface area contributed by atoms with Crippen LogP contribution < -0.4 is 15.4 Å². The summed E-state index contributed by atoms with van der Waals surface area (Å²) in [7, 11) is 3.68. The number of urea groups is 1. The van der Waals surface area contributed by atoms with Crippen LogP contribution in [0.15, 0.2) is 54.6 Å². The van der Waals surface area contributed by atoms with Crippen molar-refractivity contribution in [1.29, 1.82) is 0 Å². The van der Waals surface area contributed by atoms with E-state index in [1.54, 1.807) is 13.2 Å². The van der Waals surface area contributed by atoms with Crippen LogP contribution in [0.2, 0.25) is 0 Å². The number of rotatable bonds is 4. The lowest BCUT2D eigenvalue weighted by atomic mass is 9.75. The molecule has 0 aliphatic carbocycles. The van der Waals surface area contributed by atoms with E-state index in [1.165, 1.54) is 0 Å². The van der Waals surface area contributed by atoms with Crippen LogP contribution in [0.25, 0.3) is 0 Å². The minimum Gasteiger partial charge on any atom is -0.497 e. The molecule has 2 aliphatic rings. The molecule has 2 N–H and O–H groups in total. The highest BCUT2D eigenvalue weighted by Gasteiger charge is 2.52. The summed E-state index contributed by atoms with van der Waals surface area (Å²) >= 11 is 0. The number of nitrogens with zero attached hydrogens (tertiary/aromatic N) is 2. The van der Waals surface area contributed by atoms with Gasteiger partial charge in [-0.2, -0.15) is 0 Å². The first-order valence-corrected chi connectivity index (χ1v) is 10.8. The van der Waals surface area contributed by atoms with Crippen LogP contribution in [0.1, 0.15) is 19.3 Å². The van der Waals surface area contributed by atoms with Gasteiger partial charge in [0.2, 0.25) is 5.91 Å². The van der Waals surface area contributed by atoms with Gasteiger partial charge in [0.15, 0.2) is 0 Å². The maximum Gasteiger partial charge on any atom is 0.321 e. The highest BCUT2D eigenvalue weighted by Crippen LogP contribution is 2.44. The van der Waals surface area contributed by atoms with Gasteiger partial charge < -0.3 is 25.2 Å². The number of likely N-dealkylation sites (tertiary alicyclic amines) is 2. The first-order chi connectivity index (χ1) is 15.0. The second-order valence-corrected chi connectivity index (χ2v) is 8.41. The minimum atomic E-state index is -0.490. The molecule has 2 atom stereocenters. The van der Waals surface area contributed by atoms with Gasteiger partial charge in [0, 0.05) is 36.6 Å². The van der Waals surface area contributed by atoms with Crippen LogP contribution in [0.4, 0.5) is 16.2 Å². The summed E-state index contributed by atoms with van der Waals surface area (Å²) in [5.74, 6) is 0.754. The maximum absolute atomic E-state index is 13.4. The number of benzene rings is 2. The van der Waals surface area contributed by atoms with Crippen molar-refractivity contribution < 1.29 is 14.3 Å². The second-order valence-electron chi connectivity index (χ2n) is 8.41. The fourth-order valence-corrected chi connectivity index (χ4v) is 4.89. The zero-order chi connectivity index (χ0) is 21.8. The molecule has 4 rings (SSSR count). The van der Waals surface area contributed by atoms with Gasteiger partial charge in [0.25, 0.3) is 0 Å². The molecule has 31 heavy (non-hydrogen) atoms. The number of methoxy groups -OCH3 is 1. The monoisotopic (exact) mass is 422 g/mol. The molecule has 2 aromatic carbocycles. The van der Waals surface area contributed by atoms with Crippen LogP contribution in [0.3, 0.4) is 0 Å². The predicted octanol–water partition coefficient (Wildman–Crippen LogP) is 3.65. The van der Waals surface area contributed by atoms with Crippen molar-refractivity contribution in [2.24, 2.45) is 5.41 Å². The molecule has 2 fully saturated rings. The average molecular weight is 423 g/mol. The third kappa shape index (κ3) is 4.37. The molecule has 3 amide bonds. The van der Waals surface area contributed by atoms with Gasteiger partial charge in [0.1, 0.15) is 5.75 Å². The van der Waals surface area contributed by atoms with Crippen LogP contribution in [0, 0.1) is 5.41 Å². The highest BCUT2D eigenvalue weighted by atomic mass is 16.5. The summed E-state index contributed by atoms with van der Waals surface area (Å²) in [6.07, 6.45) is 2.22. The Bertz CT molecular complexity index is 935. The molecule has 0 radical (unpaired) electrons. The molecule has 2 saturated heterocycles. The van der Waals surface area contributed by atoms with Crippen LogP contribution >= 0.6 is 0 Å². The molecule has 164 valence electrons. The first kappa shape index (κ1) is 21.2. The Labute approximate surface area is 183 Å². The Morgan fingerprint density at radius 1 is 0.968 bits per heavy atom. The number of hydrogen-bond donors (Lipinski definition) is 2. The lowest BCUT2D eigenvalue weighted by molar-refractivity contribution is -0.127. The number of carbonyl (C=O) groups excluding carboxylic acids is 2. The van der Waals surface area contributed by atoms with E-state index in [2.05, 4.69) is 22.6 Å². The van der Waals surface area contributed by atoms with Crippen LogP contribution in [0.5, 0.6) is 5.75 Å². The zero-order valence-corrected chi connectivity index (χ0v) is 18.1. The van der Waals surface area contributed by atoms with Crippen molar-refractivity contribution in [3.8, 4) is 5.75 Å². The number of ether oxygens (including phenoxy) is 1. The smallest absolute Gasteiger partial charge is 0.321 e. The maximum atomic E-state index is 13.4. The molecule has 2 aliphatic heterocycles. The molecule has 7 nitrogen and oxygen atoms in total. The topological polar surface area (TPSA) is 73.9 Å². The van der Waals surface area contributed by atoms with Crippen molar-refractivity contribution in [3.05, 3.63) is 54.6 Å². The van der Waals surface area contributed by atoms with E-state index in [0.29, 0.717) is 30.9 Å². The van der Waals surface area contributed by atoms with E-state index in [0.717, 1.165) is 25.1 Å². The molecular formula is C24H30N4O3. The third-order valence-corrected chi connectivity index (χ3v) is 6.67. The molecule has 0 bridgehead atoms. The van der Waals surface area contributed by atoms with E-state index in [1.807, 2.05) is 53.4 Å². The van der Waals surface area contributed by atoms with Gasteiger partial charge >= 0.3 is 6.03 Å². The van der Waals surface area contributed by atoms with Gasteiger partial charge in [-0.05, 0) is 57.1 Å². The predicted molar refractivity (Wildman–Crippen MR) is 121 cm³/mol. The van der Waals surface area contributed by atoms with Crippen molar-refractivity contribution >= 4 is 23.3 Å². The van der Waals surface area contributed by atoms with Crippen molar-refractivity contribution in [2.75, 3.05) is 44.4 Å². The number of carbonyl (C=O) groups is 2. The molecule has 0 unspecified atom stereocenters. The third-order valence-electron chi connectivity index (χ3n) is 6.67. The quantitative estimate of drug-likeness (QED) is 0.789. The zero-order valence-electron chi connectivity index (χ0n) is 18.1. The Morgan fingerprint density at radius 3 is 2.48 bits per heavy atom. The van der Waals surface area contributed by atoms with Gasteiger partial charge in [-0.3, -0.25) is 4.79 Å². The number of nitrogens with one attached hydrogen (secondary N) is 2. The van der Waals surface area contributed by atoms with Crippen molar-refractivity contribution in [2.45, 2.75) is 25.3 Å². The normalized spacial score (nSPS) is 23.5. The Kier molecular flexibility index (Phi) is 6.13. The Morgan fingerprint density at radius 2 is 1.71 bits per heavy atom. The van der Waals surface area contributed by atoms with Crippen LogP contribution in [-0.4, -0.2) is 61.6 Å². The number of para-hydroxylation sites is 1. The largest absolute Gasteiger partial charge is 0.497 e. The van der Waals surface area contributed by atoms with E-state index in [4.69, 9.17) is 4.74 Å². The molecule has 0 spiro atoms. The Balaban J connectivity index is 1.48. The fraction of sp³-hybridized carbons (Fsp3) is 0.417. The second kappa shape index (κ2) is 8.98. The molecule has 2 aromatic rings. The molecule has 7 heteroatoms. The number of anilines is 2. The average Bonchev–Trinajstić information content (AvgIpc) is 2.98. The molecule has 2 heterocycles. The summed E-state index contributed by atoms with van der Waals surface area (Å²) < 4.78 is 5.24. The number of hydrogen-bond acceptors (Lipinski definition) is 4. The molecule has 0 saturated carbocycles. The standard InChI is InChI=1S/C24H30N4O3/c1-27-15-12-24(22(29)25-18-7-4-3-5-8-18)13-16-28(14-11-21(24)27)23(30)26-19-9-6-10-20(17-19)31-2/h3-10,17,21H,11-16H2,1-2H3,(H,25,29)(H,26,30)/t21-,24-/m1/s1. The van der Waals surface area contributed by atoms with Crippen molar-refractivity contribution in [3.63, 3.8) is 0 Å². The van der Waals surface area contributed by atoms with Gasteiger partial charge in [-0.25, -0.2) is 4.79 Å². The summed E-state index contributed by atoms with van der Waals surface area (Å²) in [6.45, 7) is 2.05. The first-order valence-electron chi connectivity index (χ1n) is 10.8. The van der Waals surface area contributed by atoms with E-state index >= 15 is 0 Å². The van der Waals surface area contributed by atoms with E-state index < -0.39 is 5.41 Å². The summed E-state index contributed by atoms with van der Waals surface area (Å²) in [5, 5.41) is 6.09. The molecular weight excluding hydrogens is 392 g/mol. The number of fused-ring (bicyclic) bond motifs is 1. The summed E-state index contributed by atoms with van der Waals surface area (Å²) in [6, 6.07) is 16.9. The summed E-state index contributed by atoms with van der Waals surface area (Å²) in [4.78, 5) is 30.5. The van der Waals surface area contributed by atoms with E-state index in [-0.39, 0.29) is 18.0 Å². The van der Waals surface area contributed by atoms with Gasteiger partial charge in [-0.1, -0.05) is 24.3 Å². The SMILES string of the molecule is COc1cccc(NC(=O)N2CC[C@H]3N(C)CC[C@@]3(C(=O)Nc3ccccc3)CC2)c1. The molecule has 0 aromatic heterocycles. The fourth-order valence-electron chi connectivity index (χ4n) is 4.89.